The van der Waals surface area contributed by atoms with Gasteiger partial charge in [0.15, 0.2) is 5.78 Å². The van der Waals surface area contributed by atoms with Gasteiger partial charge in [0.05, 0.1) is 36.4 Å². The van der Waals surface area contributed by atoms with Gasteiger partial charge in [-0.3, -0.25) is 14.2 Å². The molecule has 6 heteroatoms. The van der Waals surface area contributed by atoms with E-state index in [1.54, 1.807) is 24.3 Å². The number of nitrogens with zero attached hydrogens (tertiary/aromatic N) is 2. The number of hydrogen-bond donors (Lipinski definition) is 0. The first-order valence-electron chi connectivity index (χ1n) is 6.91. The van der Waals surface area contributed by atoms with Gasteiger partial charge in [-0.1, -0.05) is 12.1 Å². The number of benzene rings is 2. The molecule has 3 rings (SSSR count). The maximum atomic E-state index is 13.2. The average Bonchev–Trinajstić information content (AvgIpc) is 2.57. The quantitative estimate of drug-likeness (QED) is 0.694. The van der Waals surface area contributed by atoms with Crippen LogP contribution in [0.25, 0.3) is 10.9 Å². The summed E-state index contributed by atoms with van der Waals surface area (Å²) in [4.78, 5) is 28.8. The molecule has 0 fully saturated rings. The van der Waals surface area contributed by atoms with Gasteiger partial charge in [-0.05, 0) is 24.3 Å². The number of para-hydroxylation sites is 1. The average molecular weight is 312 g/mol. The molecule has 5 nitrogen and oxygen atoms in total. The normalized spacial score (nSPS) is 10.7. The number of carbonyl (C=O) groups excluding carboxylic acids is 1. The molecule has 116 valence electrons. The summed E-state index contributed by atoms with van der Waals surface area (Å²) in [6.45, 7) is -0.167. The lowest BCUT2D eigenvalue weighted by Crippen LogP contribution is -2.25. The molecule has 0 aliphatic carbocycles. The third kappa shape index (κ3) is 2.83. The number of rotatable bonds is 4. The predicted octanol–water partition coefficient (Wildman–Crippen LogP) is 2.43. The molecule has 1 aromatic heterocycles. The number of carbonyl (C=O) groups is 1. The maximum Gasteiger partial charge on any atom is 0.261 e. The van der Waals surface area contributed by atoms with Crippen molar-refractivity contribution in [3.63, 3.8) is 0 Å². The van der Waals surface area contributed by atoms with Gasteiger partial charge in [0.2, 0.25) is 0 Å². The summed E-state index contributed by atoms with van der Waals surface area (Å²) in [5, 5.41) is 0.265. The van der Waals surface area contributed by atoms with Gasteiger partial charge in [-0.2, -0.15) is 0 Å². The maximum absolute atomic E-state index is 13.2. The van der Waals surface area contributed by atoms with E-state index in [9.17, 15) is 14.0 Å². The van der Waals surface area contributed by atoms with Crippen LogP contribution in [-0.2, 0) is 6.54 Å². The Balaban J connectivity index is 1.98. The van der Waals surface area contributed by atoms with E-state index >= 15 is 0 Å². The molecule has 0 aliphatic heterocycles. The SMILES string of the molecule is COc1ccccc1C(=O)Cn1cnc2cc(F)ccc2c1=O. The third-order valence-electron chi connectivity index (χ3n) is 3.51. The van der Waals surface area contributed by atoms with Crippen LogP contribution in [0.1, 0.15) is 10.4 Å². The lowest BCUT2D eigenvalue weighted by Gasteiger charge is -2.09. The Morgan fingerprint density at radius 3 is 2.83 bits per heavy atom. The third-order valence-corrected chi connectivity index (χ3v) is 3.51. The topological polar surface area (TPSA) is 61.2 Å². The van der Waals surface area contributed by atoms with E-state index in [4.69, 9.17) is 4.74 Å². The zero-order chi connectivity index (χ0) is 16.4. The highest BCUT2D eigenvalue weighted by Crippen LogP contribution is 2.18. The van der Waals surface area contributed by atoms with Crippen LogP contribution >= 0.6 is 0 Å². The molecule has 0 saturated heterocycles. The molecule has 23 heavy (non-hydrogen) atoms. The minimum Gasteiger partial charge on any atom is -0.496 e. The molecule has 0 aliphatic rings. The molecular formula is C17H13FN2O3. The summed E-state index contributed by atoms with van der Waals surface area (Å²) in [6.07, 6.45) is 1.25. The lowest BCUT2D eigenvalue weighted by molar-refractivity contribution is 0.0967. The second-order valence-electron chi connectivity index (χ2n) is 4.96. The second-order valence-corrected chi connectivity index (χ2v) is 4.96. The largest absolute Gasteiger partial charge is 0.496 e. The Labute approximate surface area is 131 Å². The number of ether oxygens (including phenoxy) is 1. The summed E-state index contributed by atoms with van der Waals surface area (Å²) in [5.74, 6) is -0.290. The summed E-state index contributed by atoms with van der Waals surface area (Å²) in [7, 11) is 1.48. The first-order chi connectivity index (χ1) is 11.1. The van der Waals surface area contributed by atoms with Gasteiger partial charge < -0.3 is 4.74 Å². The minimum absolute atomic E-state index is 0.167. The molecule has 3 aromatic rings. The summed E-state index contributed by atoms with van der Waals surface area (Å²) in [6, 6.07) is 10.5. The first-order valence-corrected chi connectivity index (χ1v) is 6.91. The number of halogens is 1. The van der Waals surface area contributed by atoms with Crippen molar-refractivity contribution in [1.29, 1.82) is 0 Å². The van der Waals surface area contributed by atoms with Crippen molar-refractivity contribution in [2.75, 3.05) is 7.11 Å². The number of hydrogen-bond acceptors (Lipinski definition) is 4. The molecule has 0 radical (unpaired) electrons. The first kappa shape index (κ1) is 14.9. The Morgan fingerprint density at radius 2 is 2.04 bits per heavy atom. The lowest BCUT2D eigenvalue weighted by atomic mass is 10.1. The van der Waals surface area contributed by atoms with E-state index in [0.717, 1.165) is 0 Å². The van der Waals surface area contributed by atoms with Crippen molar-refractivity contribution in [1.82, 2.24) is 9.55 Å². The molecule has 0 atom stereocenters. The summed E-state index contributed by atoms with van der Waals surface area (Å²) >= 11 is 0. The Bertz CT molecular complexity index is 950. The van der Waals surface area contributed by atoms with Crippen LogP contribution in [0.15, 0.2) is 53.6 Å². The number of fused-ring (bicyclic) bond motifs is 1. The van der Waals surface area contributed by atoms with Gasteiger partial charge in [-0.15, -0.1) is 0 Å². The minimum atomic E-state index is -0.466. The van der Waals surface area contributed by atoms with Crippen LogP contribution in [-0.4, -0.2) is 22.4 Å². The van der Waals surface area contributed by atoms with Gasteiger partial charge >= 0.3 is 0 Å². The molecule has 1 heterocycles. The molecule has 0 unspecified atom stereocenters. The predicted molar refractivity (Wildman–Crippen MR) is 83.3 cm³/mol. The Morgan fingerprint density at radius 1 is 1.26 bits per heavy atom. The van der Waals surface area contributed by atoms with E-state index in [1.807, 2.05) is 0 Å². The smallest absolute Gasteiger partial charge is 0.261 e. The van der Waals surface area contributed by atoms with Crippen LogP contribution in [0.3, 0.4) is 0 Å². The molecule has 0 N–H and O–H groups in total. The number of ketones is 1. The standard InChI is InChI=1S/C17H13FN2O3/c1-23-16-5-3-2-4-13(16)15(21)9-20-10-19-14-8-11(18)6-7-12(14)17(20)22/h2-8,10H,9H2,1H3. The zero-order valence-electron chi connectivity index (χ0n) is 12.3. The van der Waals surface area contributed by atoms with Crippen LogP contribution in [0.4, 0.5) is 4.39 Å². The fourth-order valence-corrected chi connectivity index (χ4v) is 2.36. The Kier molecular flexibility index (Phi) is 3.89. The van der Waals surface area contributed by atoms with E-state index in [1.165, 1.54) is 36.2 Å². The van der Waals surface area contributed by atoms with E-state index in [0.29, 0.717) is 11.3 Å². The molecule has 0 spiro atoms. The summed E-state index contributed by atoms with van der Waals surface area (Å²) < 4.78 is 19.5. The monoisotopic (exact) mass is 312 g/mol. The highest BCUT2D eigenvalue weighted by molar-refractivity contribution is 5.98. The van der Waals surface area contributed by atoms with Gasteiger partial charge in [0, 0.05) is 6.07 Å². The fourth-order valence-electron chi connectivity index (χ4n) is 2.36. The number of Topliss-reactive ketones (excluding diaryl/α,β-unsaturated/α-hetero) is 1. The van der Waals surface area contributed by atoms with Crippen molar-refractivity contribution in [2.24, 2.45) is 0 Å². The fraction of sp³-hybridized carbons (Fsp3) is 0.118. The van der Waals surface area contributed by atoms with Crippen LogP contribution in [0.2, 0.25) is 0 Å². The van der Waals surface area contributed by atoms with E-state index in [2.05, 4.69) is 4.98 Å². The molecule has 0 saturated carbocycles. The van der Waals surface area contributed by atoms with Gasteiger partial charge in [0.25, 0.3) is 5.56 Å². The van der Waals surface area contributed by atoms with Crippen molar-refractivity contribution in [2.45, 2.75) is 6.54 Å². The number of aromatic nitrogens is 2. The Hall–Kier alpha value is -3.02. The van der Waals surface area contributed by atoms with E-state index < -0.39 is 11.4 Å². The van der Waals surface area contributed by atoms with Gasteiger partial charge in [-0.25, -0.2) is 9.37 Å². The highest BCUT2D eigenvalue weighted by atomic mass is 19.1. The van der Waals surface area contributed by atoms with Crippen molar-refractivity contribution in [3.8, 4) is 5.75 Å². The van der Waals surface area contributed by atoms with Crippen molar-refractivity contribution >= 4 is 16.7 Å². The van der Waals surface area contributed by atoms with E-state index in [-0.39, 0.29) is 23.2 Å². The second kappa shape index (κ2) is 6.00. The van der Waals surface area contributed by atoms with Crippen molar-refractivity contribution in [3.05, 3.63) is 70.5 Å². The molecule has 2 aromatic carbocycles. The molecule has 0 amide bonds. The van der Waals surface area contributed by atoms with Crippen molar-refractivity contribution < 1.29 is 13.9 Å². The van der Waals surface area contributed by atoms with Gasteiger partial charge in [0.1, 0.15) is 11.6 Å². The molecule has 0 bridgehead atoms. The number of methoxy groups -OCH3 is 1. The molecular weight excluding hydrogens is 299 g/mol. The highest BCUT2D eigenvalue weighted by Gasteiger charge is 2.14. The van der Waals surface area contributed by atoms with Crippen LogP contribution in [0.5, 0.6) is 5.75 Å². The summed E-state index contributed by atoms with van der Waals surface area (Å²) in [5.41, 5.74) is 0.260. The zero-order valence-corrected chi connectivity index (χ0v) is 12.3. The van der Waals surface area contributed by atoms with Crippen LogP contribution < -0.4 is 10.3 Å². The van der Waals surface area contributed by atoms with Crippen LogP contribution in [0, 0.1) is 5.82 Å².